The number of ether oxygens (including phenoxy) is 3. The minimum absolute atomic E-state index is 0.399. The van der Waals surface area contributed by atoms with Crippen molar-refractivity contribution >= 4 is 23.3 Å². The Balaban J connectivity index is 0.000000363. The number of hydrogen-bond donors (Lipinski definition) is 1. The second-order valence-corrected chi connectivity index (χ2v) is 9.02. The molecule has 0 spiro atoms. The lowest BCUT2D eigenvalue weighted by Crippen LogP contribution is -2.55. The molecule has 184 valence electrons. The van der Waals surface area contributed by atoms with E-state index in [1.807, 2.05) is 79.9 Å². The quantitative estimate of drug-likeness (QED) is 0.516. The Labute approximate surface area is 209 Å². The summed E-state index contributed by atoms with van der Waals surface area (Å²) in [5.74, 6) is -1.26. The molecule has 0 fully saturated rings. The van der Waals surface area contributed by atoms with Crippen LogP contribution >= 0.6 is 11.3 Å². The summed E-state index contributed by atoms with van der Waals surface area (Å²) >= 11 is 1.40. The zero-order valence-corrected chi connectivity index (χ0v) is 21.3. The lowest BCUT2D eigenvalue weighted by Gasteiger charge is -2.46. The van der Waals surface area contributed by atoms with Crippen molar-refractivity contribution in [2.45, 2.75) is 25.3 Å². The van der Waals surface area contributed by atoms with Gasteiger partial charge in [0.15, 0.2) is 0 Å². The Hall–Kier alpha value is -3.65. The van der Waals surface area contributed by atoms with Gasteiger partial charge >= 0.3 is 11.9 Å². The average Bonchev–Trinajstić information content (AvgIpc) is 3.43. The van der Waals surface area contributed by atoms with Crippen LogP contribution in [0.25, 0.3) is 0 Å². The number of aromatic nitrogens is 1. The van der Waals surface area contributed by atoms with E-state index in [-0.39, 0.29) is 0 Å². The van der Waals surface area contributed by atoms with E-state index in [0.717, 1.165) is 11.3 Å². The molecule has 8 heteroatoms. The first kappa shape index (κ1) is 26.0. The summed E-state index contributed by atoms with van der Waals surface area (Å²) in [5.41, 5.74) is 1.20. The first-order valence-electron chi connectivity index (χ1n) is 11.1. The van der Waals surface area contributed by atoms with Crippen LogP contribution in [0, 0.1) is 5.92 Å². The molecule has 1 aromatic heterocycles. The van der Waals surface area contributed by atoms with Gasteiger partial charge in [0.25, 0.3) is 0 Å². The maximum atomic E-state index is 13.0. The lowest BCUT2D eigenvalue weighted by molar-refractivity contribution is -0.150. The second-order valence-electron chi connectivity index (χ2n) is 8.09. The fourth-order valence-electron chi connectivity index (χ4n) is 4.40. The van der Waals surface area contributed by atoms with Gasteiger partial charge in [-0.25, -0.2) is 9.78 Å². The molecular formula is C27H30N2O5S. The first-order chi connectivity index (χ1) is 16.9. The van der Waals surface area contributed by atoms with Gasteiger partial charge in [-0.05, 0) is 31.5 Å². The molecule has 3 aromatic rings. The van der Waals surface area contributed by atoms with Gasteiger partial charge in [0, 0.05) is 17.3 Å². The van der Waals surface area contributed by atoms with Crippen LogP contribution in [0.5, 0.6) is 5.75 Å². The molecule has 0 amide bonds. The Morgan fingerprint density at radius 3 is 2.09 bits per heavy atom. The zero-order chi connectivity index (χ0) is 25.4. The number of thiazole rings is 1. The number of benzene rings is 2. The normalized spacial score (nSPS) is 21.2. The van der Waals surface area contributed by atoms with Gasteiger partial charge in [0.05, 0.1) is 44.3 Å². The average molecular weight is 495 g/mol. The maximum absolute atomic E-state index is 13.0. The highest BCUT2D eigenvalue weighted by molar-refractivity contribution is 7.09. The molecule has 1 aliphatic heterocycles. The molecule has 7 nitrogen and oxygen atoms in total. The molecule has 0 saturated heterocycles. The molecule has 0 saturated carbocycles. The van der Waals surface area contributed by atoms with Gasteiger partial charge in [-0.1, -0.05) is 48.5 Å². The van der Waals surface area contributed by atoms with E-state index in [2.05, 4.69) is 10.3 Å². The number of allylic oxidation sites excluding steroid dienone is 1. The number of para-hydroxylation sites is 1. The van der Waals surface area contributed by atoms with Crippen LogP contribution in [0.1, 0.15) is 30.3 Å². The molecule has 1 N–H and O–H groups in total. The van der Waals surface area contributed by atoms with E-state index in [1.165, 1.54) is 25.6 Å². The number of carbonyl (C=O) groups is 2. The Morgan fingerprint density at radius 2 is 1.60 bits per heavy atom. The van der Waals surface area contributed by atoms with Crippen molar-refractivity contribution in [2.24, 2.45) is 5.92 Å². The first-order valence-corrected chi connectivity index (χ1v) is 11.9. The standard InChI is InChI=1S/C20H22N2O4S.C7H8O/c1-12-14(18(23)25-3)15(17-21-10-11-27-17)16(19(24)26-4)20(2,22-12)13-8-6-5-7-9-13;1-8-7-5-3-2-4-6-7/h5-11,15-16,22H,1-4H3;2-6H,1H3. The van der Waals surface area contributed by atoms with E-state index >= 15 is 0 Å². The summed E-state index contributed by atoms with van der Waals surface area (Å²) < 4.78 is 15.1. The molecule has 0 bridgehead atoms. The highest BCUT2D eigenvalue weighted by Gasteiger charge is 2.53. The smallest absolute Gasteiger partial charge is 0.336 e. The van der Waals surface area contributed by atoms with Crippen molar-refractivity contribution in [3.05, 3.63) is 94.1 Å². The van der Waals surface area contributed by atoms with Crippen LogP contribution in [0.2, 0.25) is 0 Å². The van der Waals surface area contributed by atoms with Crippen LogP contribution in [0.4, 0.5) is 0 Å². The molecule has 3 atom stereocenters. The van der Waals surface area contributed by atoms with Crippen LogP contribution < -0.4 is 10.1 Å². The van der Waals surface area contributed by atoms with E-state index < -0.39 is 29.3 Å². The van der Waals surface area contributed by atoms with Crippen molar-refractivity contribution in [3.8, 4) is 5.75 Å². The van der Waals surface area contributed by atoms with Gasteiger partial charge in [-0.15, -0.1) is 11.3 Å². The highest BCUT2D eigenvalue weighted by atomic mass is 32.1. The van der Waals surface area contributed by atoms with Crippen LogP contribution in [-0.2, 0) is 24.6 Å². The summed E-state index contributed by atoms with van der Waals surface area (Å²) in [6.07, 6.45) is 1.67. The van der Waals surface area contributed by atoms with E-state index in [1.54, 1.807) is 13.3 Å². The van der Waals surface area contributed by atoms with Gasteiger partial charge < -0.3 is 19.5 Å². The number of nitrogens with zero attached hydrogens (tertiary/aromatic N) is 1. The SMILES string of the molecule is COC(=O)C1=C(C)NC(C)(c2ccccc2)C(C(=O)OC)C1c1nccs1.COc1ccccc1. The molecule has 0 aliphatic carbocycles. The highest BCUT2D eigenvalue weighted by Crippen LogP contribution is 2.48. The topological polar surface area (TPSA) is 86.8 Å². The molecule has 35 heavy (non-hydrogen) atoms. The number of methoxy groups -OCH3 is 3. The van der Waals surface area contributed by atoms with Gasteiger partial charge in [0.1, 0.15) is 10.8 Å². The summed E-state index contributed by atoms with van der Waals surface area (Å²) in [6, 6.07) is 19.4. The summed E-state index contributed by atoms with van der Waals surface area (Å²) in [5, 5.41) is 5.89. The minimum Gasteiger partial charge on any atom is -0.497 e. The lowest BCUT2D eigenvalue weighted by atomic mass is 9.67. The molecule has 1 aliphatic rings. The Morgan fingerprint density at radius 1 is 0.971 bits per heavy atom. The molecule has 2 aromatic carbocycles. The Kier molecular flexibility index (Phi) is 8.65. The van der Waals surface area contributed by atoms with Gasteiger partial charge in [-0.3, -0.25) is 4.79 Å². The minimum atomic E-state index is -0.785. The summed E-state index contributed by atoms with van der Waals surface area (Å²) in [7, 11) is 4.35. The molecular weight excluding hydrogens is 464 g/mol. The van der Waals surface area contributed by atoms with Gasteiger partial charge in [-0.2, -0.15) is 0 Å². The Bertz CT molecular complexity index is 1150. The largest absolute Gasteiger partial charge is 0.497 e. The number of esters is 2. The van der Waals surface area contributed by atoms with Crippen molar-refractivity contribution in [3.63, 3.8) is 0 Å². The van der Waals surface area contributed by atoms with Crippen molar-refractivity contribution < 1.29 is 23.8 Å². The van der Waals surface area contributed by atoms with Crippen molar-refractivity contribution in [1.29, 1.82) is 0 Å². The van der Waals surface area contributed by atoms with E-state index in [0.29, 0.717) is 16.3 Å². The summed E-state index contributed by atoms with van der Waals surface area (Å²) in [6.45, 7) is 3.77. The van der Waals surface area contributed by atoms with Crippen LogP contribution in [0.3, 0.4) is 0 Å². The third kappa shape index (κ3) is 5.54. The molecule has 0 radical (unpaired) electrons. The third-order valence-electron chi connectivity index (χ3n) is 6.05. The van der Waals surface area contributed by atoms with Gasteiger partial charge in [0.2, 0.25) is 0 Å². The van der Waals surface area contributed by atoms with E-state index in [9.17, 15) is 9.59 Å². The van der Waals surface area contributed by atoms with Crippen molar-refractivity contribution in [2.75, 3.05) is 21.3 Å². The van der Waals surface area contributed by atoms with Crippen LogP contribution in [0.15, 0.2) is 83.5 Å². The fourth-order valence-corrected chi connectivity index (χ4v) is 5.19. The third-order valence-corrected chi connectivity index (χ3v) is 6.91. The maximum Gasteiger partial charge on any atom is 0.336 e. The zero-order valence-electron chi connectivity index (χ0n) is 20.5. The second kappa shape index (κ2) is 11.7. The number of hydrogen-bond acceptors (Lipinski definition) is 8. The van der Waals surface area contributed by atoms with E-state index in [4.69, 9.17) is 14.2 Å². The van der Waals surface area contributed by atoms with Crippen LogP contribution in [-0.4, -0.2) is 38.3 Å². The van der Waals surface area contributed by atoms with Crippen molar-refractivity contribution in [1.82, 2.24) is 10.3 Å². The predicted molar refractivity (Wildman–Crippen MR) is 135 cm³/mol. The summed E-state index contributed by atoms with van der Waals surface area (Å²) in [4.78, 5) is 30.0. The number of rotatable bonds is 5. The fraction of sp³-hybridized carbons (Fsp3) is 0.296. The molecule has 2 heterocycles. The molecule has 4 rings (SSSR count). The molecule has 3 unspecified atom stereocenters. The monoisotopic (exact) mass is 494 g/mol. The number of nitrogens with one attached hydrogen (secondary N) is 1. The predicted octanol–water partition coefficient (Wildman–Crippen LogP) is 4.68. The number of carbonyl (C=O) groups excluding carboxylic acids is 2.